The summed E-state index contributed by atoms with van der Waals surface area (Å²) in [7, 11) is 0. The van der Waals surface area contributed by atoms with Crippen molar-refractivity contribution in [3.63, 3.8) is 0 Å². The summed E-state index contributed by atoms with van der Waals surface area (Å²) in [6.45, 7) is 7.14. The quantitative estimate of drug-likeness (QED) is 0.0849. The Bertz CT molecular complexity index is 2260. The van der Waals surface area contributed by atoms with Gasteiger partial charge in [-0.3, -0.25) is 0 Å². The van der Waals surface area contributed by atoms with E-state index in [0.717, 1.165) is 16.8 Å². The van der Waals surface area contributed by atoms with Crippen molar-refractivity contribution in [1.82, 2.24) is 0 Å². The molecule has 6 rings (SSSR count). The maximum atomic E-state index is 15.1. The van der Waals surface area contributed by atoms with Crippen LogP contribution in [0.2, 0.25) is 10.0 Å². The number of allylic oxidation sites excluding steroid dienone is 3. The Hall–Kier alpha value is -4.89. The minimum Gasteiger partial charge on any atom is -0.457 e. The average molecular weight is 925 g/mol. The fraction of sp³-hybridized carbons (Fsp3) is 0.200. The van der Waals surface area contributed by atoms with E-state index in [-0.39, 0.29) is 18.3 Å². The van der Waals surface area contributed by atoms with Crippen LogP contribution >= 0.6 is 39.1 Å². The number of hydrogen-bond donors (Lipinski definition) is 0. The minimum absolute atomic E-state index is 0.102. The zero-order chi connectivity index (χ0) is 43.6. The van der Waals surface area contributed by atoms with E-state index in [0.29, 0.717) is 38.2 Å². The molecule has 6 aromatic rings. The van der Waals surface area contributed by atoms with Crippen LogP contribution in [0, 0.1) is 11.8 Å². The molecule has 2 unspecified atom stereocenters. The van der Waals surface area contributed by atoms with E-state index in [1.54, 1.807) is 86.6 Å². The number of hydrogen-bond acceptors (Lipinski definition) is 2. The lowest BCUT2D eigenvalue weighted by atomic mass is 9.86. The first kappa shape index (κ1) is 47.8. The molecule has 314 valence electrons. The molecule has 10 heteroatoms. The molecular formula is C50H46BrCl2F5O2. The van der Waals surface area contributed by atoms with Gasteiger partial charge in [-0.15, -0.1) is 0 Å². The van der Waals surface area contributed by atoms with Crippen molar-refractivity contribution < 1.29 is 31.4 Å². The summed E-state index contributed by atoms with van der Waals surface area (Å²) in [5, 5.41) is 1.91. The lowest BCUT2D eigenvalue weighted by Gasteiger charge is -2.20. The number of alkyl halides is 1. The Labute approximate surface area is 368 Å². The van der Waals surface area contributed by atoms with Crippen LogP contribution in [0.4, 0.5) is 22.0 Å². The summed E-state index contributed by atoms with van der Waals surface area (Å²) in [5.41, 5.74) is 3.07. The van der Waals surface area contributed by atoms with Crippen LogP contribution in [0.3, 0.4) is 0 Å². The second-order valence-corrected chi connectivity index (χ2v) is 15.8. The first-order chi connectivity index (χ1) is 28.7. The highest BCUT2D eigenvalue weighted by atomic mass is 79.9. The van der Waals surface area contributed by atoms with Gasteiger partial charge in [0.2, 0.25) is 0 Å². The number of para-hydroxylation sites is 2. The highest BCUT2D eigenvalue weighted by Gasteiger charge is 2.26. The third kappa shape index (κ3) is 15.3. The van der Waals surface area contributed by atoms with Crippen LogP contribution in [-0.2, 0) is 11.8 Å². The third-order valence-electron chi connectivity index (χ3n) is 9.05. The molecular weight excluding hydrogens is 878 g/mol. The Kier molecular flexibility index (Phi) is 19.4. The molecule has 6 aromatic carbocycles. The van der Waals surface area contributed by atoms with E-state index >= 15 is 4.39 Å². The van der Waals surface area contributed by atoms with E-state index < -0.39 is 35.4 Å². The highest BCUT2D eigenvalue weighted by Crippen LogP contribution is 2.37. The molecule has 0 spiro atoms. The smallest absolute Gasteiger partial charge is 0.302 e. The molecule has 0 bridgehead atoms. The zero-order valence-corrected chi connectivity index (χ0v) is 36.7. The van der Waals surface area contributed by atoms with Gasteiger partial charge in [0.25, 0.3) is 0 Å². The molecule has 0 aromatic heterocycles. The van der Waals surface area contributed by atoms with Gasteiger partial charge in [-0.1, -0.05) is 152 Å². The van der Waals surface area contributed by atoms with Gasteiger partial charge in [-0.25, -0.2) is 13.2 Å². The number of halogens is 8. The second-order valence-electron chi connectivity index (χ2n) is 14.3. The number of ether oxygens (including phenoxy) is 2. The molecule has 0 saturated heterocycles. The summed E-state index contributed by atoms with van der Waals surface area (Å²) in [5.74, 6) is -1.78. The van der Waals surface area contributed by atoms with Crippen molar-refractivity contribution in [2.24, 2.45) is 11.8 Å². The van der Waals surface area contributed by atoms with E-state index in [2.05, 4.69) is 22.0 Å². The van der Waals surface area contributed by atoms with Gasteiger partial charge >= 0.3 is 6.08 Å². The molecule has 0 amide bonds. The Morgan fingerprint density at radius 2 is 0.867 bits per heavy atom. The summed E-state index contributed by atoms with van der Waals surface area (Å²) in [6, 6.07) is 47.4. The molecule has 0 aliphatic carbocycles. The van der Waals surface area contributed by atoms with Crippen molar-refractivity contribution in [1.29, 1.82) is 0 Å². The Morgan fingerprint density at radius 3 is 1.27 bits per heavy atom. The molecule has 0 N–H and O–H groups in total. The van der Waals surface area contributed by atoms with Gasteiger partial charge in [0, 0.05) is 33.6 Å². The summed E-state index contributed by atoms with van der Waals surface area (Å²) >= 11 is 15.0. The van der Waals surface area contributed by atoms with Crippen LogP contribution in [-0.4, -0.2) is 0 Å². The predicted molar refractivity (Wildman–Crippen MR) is 240 cm³/mol. The molecule has 0 aliphatic rings. The van der Waals surface area contributed by atoms with Crippen molar-refractivity contribution in [3.8, 4) is 23.0 Å². The van der Waals surface area contributed by atoms with E-state index in [9.17, 15) is 17.6 Å². The van der Waals surface area contributed by atoms with Crippen molar-refractivity contribution in [2.45, 2.75) is 51.3 Å². The average Bonchev–Trinajstić information content (AvgIpc) is 3.23. The largest absolute Gasteiger partial charge is 0.457 e. The number of rotatable bonds is 13. The van der Waals surface area contributed by atoms with Crippen LogP contribution in [0.1, 0.15) is 61.8 Å². The highest BCUT2D eigenvalue weighted by molar-refractivity contribution is 9.08. The van der Waals surface area contributed by atoms with Crippen LogP contribution < -0.4 is 9.47 Å². The molecule has 0 radical (unpaired) electrons. The lowest BCUT2D eigenvalue weighted by molar-refractivity contribution is 0.341. The maximum absolute atomic E-state index is 15.1. The van der Waals surface area contributed by atoms with Gasteiger partial charge in [0.15, 0.2) is 5.83 Å². The van der Waals surface area contributed by atoms with Crippen LogP contribution in [0.25, 0.3) is 0 Å². The standard InChI is InChI=1S/C25H23ClF2O.C13H11BrO.C12H12ClF3/c1-17(2)24(19-11-13-20(26)14-12-19)25(28)23(27)16-18-7-6-10-22(15-18)29-21-8-4-3-5-9-21;14-10-11-5-4-8-13(9-11)15-12-6-2-1-3-7-12;1-7(2)10(11(14)12(15)16)8-3-5-9(13)6-4-8/h3-15,17,24H,16H2,1-2H3;1-9H,10H2;3-7,10H,1-2H3/b25-23+;;. The minimum atomic E-state index is -2.26. The molecule has 2 atom stereocenters. The van der Waals surface area contributed by atoms with Crippen molar-refractivity contribution in [2.75, 3.05) is 0 Å². The monoisotopic (exact) mass is 922 g/mol. The lowest BCUT2D eigenvalue weighted by Crippen LogP contribution is -2.09. The molecule has 2 nitrogen and oxygen atoms in total. The van der Waals surface area contributed by atoms with Gasteiger partial charge in [-0.2, -0.15) is 8.78 Å². The number of benzene rings is 6. The Morgan fingerprint density at radius 1 is 0.483 bits per heavy atom. The van der Waals surface area contributed by atoms with Gasteiger partial charge in [0.05, 0.1) is 0 Å². The molecule has 0 heterocycles. The molecule has 60 heavy (non-hydrogen) atoms. The first-order valence-electron chi connectivity index (χ1n) is 19.2. The Balaban J connectivity index is 0.000000217. The van der Waals surface area contributed by atoms with Gasteiger partial charge in [0.1, 0.15) is 34.7 Å². The topological polar surface area (TPSA) is 18.5 Å². The first-order valence-corrected chi connectivity index (χ1v) is 21.1. The molecule has 0 saturated carbocycles. The molecule has 0 fully saturated rings. The van der Waals surface area contributed by atoms with E-state index in [1.807, 2.05) is 92.7 Å². The second kappa shape index (κ2) is 24.4. The molecule has 0 aliphatic heterocycles. The van der Waals surface area contributed by atoms with Crippen molar-refractivity contribution in [3.05, 3.63) is 214 Å². The maximum Gasteiger partial charge on any atom is 0.302 e. The normalized spacial score (nSPS) is 12.2. The van der Waals surface area contributed by atoms with Gasteiger partial charge in [-0.05, 0) is 107 Å². The van der Waals surface area contributed by atoms with Crippen LogP contribution in [0.5, 0.6) is 23.0 Å². The fourth-order valence-electron chi connectivity index (χ4n) is 6.20. The van der Waals surface area contributed by atoms with Crippen molar-refractivity contribution >= 4 is 39.1 Å². The van der Waals surface area contributed by atoms with E-state index in [4.69, 9.17) is 32.7 Å². The fourth-order valence-corrected chi connectivity index (χ4v) is 6.80. The van der Waals surface area contributed by atoms with E-state index in [1.165, 1.54) is 5.56 Å². The van der Waals surface area contributed by atoms with Crippen LogP contribution in [0.15, 0.2) is 181 Å². The summed E-state index contributed by atoms with van der Waals surface area (Å²) in [4.78, 5) is 0. The SMILES string of the molecule is BrCc1cccc(Oc2ccccc2)c1.CC(C)C(/C(F)=C(\F)Cc1cccc(Oc2ccccc2)c1)c1ccc(Cl)cc1.CC(C)C(C(F)=C(F)F)c1ccc(Cl)cc1. The third-order valence-corrected chi connectivity index (χ3v) is 10.2. The zero-order valence-electron chi connectivity index (χ0n) is 33.6. The predicted octanol–water partition coefficient (Wildman–Crippen LogP) is 17.8. The summed E-state index contributed by atoms with van der Waals surface area (Å²) < 4.78 is 79.3. The van der Waals surface area contributed by atoms with Gasteiger partial charge < -0.3 is 9.47 Å². The summed E-state index contributed by atoms with van der Waals surface area (Å²) in [6.07, 6.45) is -2.39.